The first-order valence-corrected chi connectivity index (χ1v) is 7.52. The van der Waals surface area contributed by atoms with Gasteiger partial charge in [0.25, 0.3) is 0 Å². The number of nitrogens with one attached hydrogen (secondary N) is 1. The predicted molar refractivity (Wildman–Crippen MR) is 77.2 cm³/mol. The minimum Gasteiger partial charge on any atom is -0.314 e. The number of rotatable bonds is 3. The van der Waals surface area contributed by atoms with Gasteiger partial charge in [0, 0.05) is 44.8 Å². The molecule has 0 saturated carbocycles. The third-order valence-electron chi connectivity index (χ3n) is 3.66. The van der Waals surface area contributed by atoms with E-state index >= 15 is 0 Å². The molecule has 1 saturated heterocycles. The van der Waals surface area contributed by atoms with Gasteiger partial charge in [0.2, 0.25) is 0 Å². The van der Waals surface area contributed by atoms with Crippen molar-refractivity contribution in [3.63, 3.8) is 0 Å². The average Bonchev–Trinajstić information content (AvgIpc) is 3.07. The Balaban J connectivity index is 1.79. The fraction of sp³-hybridized carbons (Fsp3) is 0.538. The van der Waals surface area contributed by atoms with Crippen LogP contribution in [-0.2, 0) is 7.05 Å². The highest BCUT2D eigenvalue weighted by molar-refractivity contribution is 7.10. The van der Waals surface area contributed by atoms with Crippen LogP contribution in [0.1, 0.15) is 18.0 Å². The lowest BCUT2D eigenvalue weighted by Gasteiger charge is -2.31. The topological polar surface area (TPSA) is 46.0 Å². The highest BCUT2D eigenvalue weighted by Crippen LogP contribution is 2.28. The fourth-order valence-electron chi connectivity index (χ4n) is 2.45. The van der Waals surface area contributed by atoms with Gasteiger partial charge in [-0.3, -0.25) is 9.58 Å². The summed E-state index contributed by atoms with van der Waals surface area (Å²) in [6, 6.07) is 2.41. The minimum atomic E-state index is 0.397. The third kappa shape index (κ3) is 2.56. The van der Waals surface area contributed by atoms with Crippen LogP contribution in [0.25, 0.3) is 11.4 Å². The number of aryl methyl sites for hydroxylation is 1. The summed E-state index contributed by atoms with van der Waals surface area (Å²) in [7, 11) is 1.95. The Hall–Kier alpha value is -1.24. The van der Waals surface area contributed by atoms with E-state index in [0.717, 1.165) is 37.6 Å². The minimum absolute atomic E-state index is 0.397. The van der Waals surface area contributed by atoms with E-state index in [2.05, 4.69) is 27.6 Å². The van der Waals surface area contributed by atoms with E-state index in [4.69, 9.17) is 4.98 Å². The molecule has 2 aromatic heterocycles. The van der Waals surface area contributed by atoms with Gasteiger partial charge in [-0.05, 0) is 13.0 Å². The molecule has 1 fully saturated rings. The van der Waals surface area contributed by atoms with E-state index in [0.29, 0.717) is 6.04 Å². The molecule has 0 aliphatic carbocycles. The second kappa shape index (κ2) is 5.40. The average molecular weight is 277 g/mol. The molecule has 5 nitrogen and oxygen atoms in total. The molecule has 0 bridgehead atoms. The Morgan fingerprint density at radius 2 is 2.16 bits per heavy atom. The van der Waals surface area contributed by atoms with Crippen molar-refractivity contribution >= 4 is 11.3 Å². The summed E-state index contributed by atoms with van der Waals surface area (Å²) in [6.07, 6.45) is 1.81. The monoisotopic (exact) mass is 277 g/mol. The van der Waals surface area contributed by atoms with Crippen LogP contribution in [0.5, 0.6) is 0 Å². The quantitative estimate of drug-likeness (QED) is 0.924. The smallest absolute Gasteiger partial charge is 0.110 e. The van der Waals surface area contributed by atoms with Crippen molar-refractivity contribution in [3.05, 3.63) is 22.7 Å². The summed E-state index contributed by atoms with van der Waals surface area (Å²) in [4.78, 5) is 7.27. The van der Waals surface area contributed by atoms with Crippen LogP contribution in [-0.4, -0.2) is 45.8 Å². The van der Waals surface area contributed by atoms with Gasteiger partial charge < -0.3 is 5.32 Å². The Morgan fingerprint density at radius 1 is 1.37 bits per heavy atom. The molecule has 1 N–H and O–H groups in total. The Labute approximate surface area is 117 Å². The molecule has 2 aromatic rings. The zero-order chi connectivity index (χ0) is 13.2. The largest absolute Gasteiger partial charge is 0.314 e. The maximum absolute atomic E-state index is 4.78. The van der Waals surface area contributed by atoms with E-state index in [1.54, 1.807) is 11.3 Å². The maximum atomic E-state index is 4.78. The number of aromatic nitrogens is 3. The van der Waals surface area contributed by atoms with Gasteiger partial charge in [0.1, 0.15) is 5.01 Å². The van der Waals surface area contributed by atoms with Crippen molar-refractivity contribution in [3.8, 4) is 11.4 Å². The van der Waals surface area contributed by atoms with Crippen LogP contribution in [0.4, 0.5) is 0 Å². The lowest BCUT2D eigenvalue weighted by atomic mass is 10.2. The molecule has 102 valence electrons. The molecule has 6 heteroatoms. The van der Waals surface area contributed by atoms with Crippen LogP contribution in [0, 0.1) is 0 Å². The first-order chi connectivity index (χ1) is 9.25. The van der Waals surface area contributed by atoms with Gasteiger partial charge in [-0.2, -0.15) is 5.10 Å². The molecule has 1 atom stereocenters. The highest BCUT2D eigenvalue weighted by Gasteiger charge is 2.21. The van der Waals surface area contributed by atoms with E-state index in [-0.39, 0.29) is 0 Å². The van der Waals surface area contributed by atoms with Crippen LogP contribution < -0.4 is 5.32 Å². The zero-order valence-electron chi connectivity index (χ0n) is 11.3. The second-order valence-corrected chi connectivity index (χ2v) is 5.76. The van der Waals surface area contributed by atoms with Crippen molar-refractivity contribution in [2.24, 2.45) is 7.05 Å². The lowest BCUT2D eigenvalue weighted by Crippen LogP contribution is -2.44. The Bertz CT molecular complexity index is 541. The molecular formula is C13H19N5S. The number of nitrogens with zero attached hydrogens (tertiary/aromatic N) is 4. The number of thiazole rings is 1. The summed E-state index contributed by atoms with van der Waals surface area (Å²) in [5.41, 5.74) is 2.11. The van der Waals surface area contributed by atoms with E-state index in [1.165, 1.54) is 5.01 Å². The molecule has 0 amide bonds. The maximum Gasteiger partial charge on any atom is 0.110 e. The fourth-order valence-corrected chi connectivity index (χ4v) is 3.35. The van der Waals surface area contributed by atoms with Crippen LogP contribution in [0.2, 0.25) is 0 Å². The summed E-state index contributed by atoms with van der Waals surface area (Å²) < 4.78 is 1.87. The summed E-state index contributed by atoms with van der Waals surface area (Å²) in [5.74, 6) is 0. The van der Waals surface area contributed by atoms with Gasteiger partial charge in [0.05, 0.1) is 17.4 Å². The molecule has 1 aliphatic rings. The molecule has 0 radical (unpaired) electrons. The third-order valence-corrected chi connectivity index (χ3v) is 4.68. The summed E-state index contributed by atoms with van der Waals surface area (Å²) in [6.45, 7) is 6.59. The van der Waals surface area contributed by atoms with E-state index < -0.39 is 0 Å². The lowest BCUT2D eigenvalue weighted by molar-refractivity contribution is 0.185. The number of hydrogen-bond donors (Lipinski definition) is 1. The van der Waals surface area contributed by atoms with Gasteiger partial charge >= 0.3 is 0 Å². The zero-order valence-corrected chi connectivity index (χ0v) is 12.2. The van der Waals surface area contributed by atoms with Crippen molar-refractivity contribution in [1.82, 2.24) is 25.0 Å². The molecule has 1 unspecified atom stereocenters. The standard InChI is InChI=1S/C13H19N5S/c1-10(18-7-5-14-6-8-18)13-16-11(9-19-13)12-3-4-15-17(12)2/h3-4,9-10,14H,5-8H2,1-2H3. The van der Waals surface area contributed by atoms with Gasteiger partial charge in [-0.1, -0.05) is 0 Å². The second-order valence-electron chi connectivity index (χ2n) is 4.87. The molecular weight excluding hydrogens is 258 g/mol. The first kappa shape index (κ1) is 12.8. The first-order valence-electron chi connectivity index (χ1n) is 6.64. The van der Waals surface area contributed by atoms with E-state index in [1.807, 2.05) is 24.0 Å². The van der Waals surface area contributed by atoms with Gasteiger partial charge in [-0.15, -0.1) is 11.3 Å². The highest BCUT2D eigenvalue weighted by atomic mass is 32.1. The number of piperazine rings is 1. The SMILES string of the molecule is CC(c1nc(-c2ccnn2C)cs1)N1CCNCC1. The number of hydrogen-bond acceptors (Lipinski definition) is 5. The van der Waals surface area contributed by atoms with E-state index in [9.17, 15) is 0 Å². The molecule has 3 rings (SSSR count). The molecule has 19 heavy (non-hydrogen) atoms. The Morgan fingerprint density at radius 3 is 2.84 bits per heavy atom. The van der Waals surface area contributed by atoms with Gasteiger partial charge in [-0.25, -0.2) is 4.98 Å². The van der Waals surface area contributed by atoms with Crippen molar-refractivity contribution in [1.29, 1.82) is 0 Å². The normalized spacial score (nSPS) is 18.6. The van der Waals surface area contributed by atoms with Crippen molar-refractivity contribution in [2.75, 3.05) is 26.2 Å². The van der Waals surface area contributed by atoms with Gasteiger partial charge in [0.15, 0.2) is 0 Å². The molecule has 3 heterocycles. The van der Waals surface area contributed by atoms with Crippen LogP contribution in [0.15, 0.2) is 17.6 Å². The molecule has 1 aliphatic heterocycles. The molecule has 0 aromatic carbocycles. The predicted octanol–water partition coefficient (Wildman–Crippen LogP) is 1.51. The van der Waals surface area contributed by atoms with Crippen molar-refractivity contribution < 1.29 is 0 Å². The Kier molecular flexibility index (Phi) is 3.63. The summed E-state index contributed by atoms with van der Waals surface area (Å²) in [5, 5.41) is 10.9. The van der Waals surface area contributed by atoms with Crippen LogP contribution in [0.3, 0.4) is 0 Å². The summed E-state index contributed by atoms with van der Waals surface area (Å²) >= 11 is 1.74. The van der Waals surface area contributed by atoms with Crippen molar-refractivity contribution in [2.45, 2.75) is 13.0 Å². The molecule has 0 spiro atoms. The van der Waals surface area contributed by atoms with Crippen LogP contribution >= 0.6 is 11.3 Å².